The highest BCUT2D eigenvalue weighted by Crippen LogP contribution is 2.15. The Labute approximate surface area is 86.2 Å². The maximum Gasteiger partial charge on any atom is 0.0847 e. The van der Waals surface area contributed by atoms with E-state index in [1.807, 2.05) is 11.0 Å². The normalized spacial score (nSPS) is 15.1. The summed E-state index contributed by atoms with van der Waals surface area (Å²) in [5.74, 6) is 0. The van der Waals surface area contributed by atoms with Crippen LogP contribution in [-0.4, -0.2) is 12.7 Å². The fourth-order valence-electron chi connectivity index (χ4n) is 0.648. The second-order valence-corrected chi connectivity index (χ2v) is 3.37. The molecule has 2 nitrogen and oxygen atoms in total. The first kappa shape index (κ1) is 12.2. The van der Waals surface area contributed by atoms with Crippen molar-refractivity contribution in [1.82, 2.24) is 0 Å². The fourth-order valence-corrected chi connectivity index (χ4v) is 1.54. The summed E-state index contributed by atoms with van der Waals surface area (Å²) in [5.41, 5.74) is 1.22. The number of hydrogen-bond acceptors (Lipinski definition) is 2. The van der Waals surface area contributed by atoms with E-state index in [1.54, 1.807) is 0 Å². The van der Waals surface area contributed by atoms with E-state index in [0.717, 1.165) is 6.42 Å². The molecule has 0 aromatic heterocycles. The molecule has 0 aromatic carbocycles. The Morgan fingerprint density at radius 3 is 2.64 bits per heavy atom. The van der Waals surface area contributed by atoms with Gasteiger partial charge in [0.25, 0.3) is 0 Å². The van der Waals surface area contributed by atoms with Crippen LogP contribution in [0.5, 0.6) is 0 Å². The Bertz CT molecular complexity index is 130. The average Bonchev–Trinajstić information content (AvgIpc) is 2.05. The Balaban J connectivity index is 3.75. The molecule has 0 rings (SSSR count). The molecular formula is C6H13IO2P2. The van der Waals surface area contributed by atoms with Crippen molar-refractivity contribution in [1.29, 1.82) is 0 Å². The summed E-state index contributed by atoms with van der Waals surface area (Å²) in [5, 5.41) is 0. The van der Waals surface area contributed by atoms with Crippen molar-refractivity contribution in [2.75, 3.05) is 6.61 Å². The van der Waals surface area contributed by atoms with Crippen LogP contribution in [0.2, 0.25) is 0 Å². The van der Waals surface area contributed by atoms with Crippen LogP contribution in [0.25, 0.3) is 0 Å². The van der Waals surface area contributed by atoms with E-state index >= 15 is 0 Å². The van der Waals surface area contributed by atoms with E-state index in [1.165, 1.54) is 5.57 Å². The summed E-state index contributed by atoms with van der Waals surface area (Å²) in [6, 6.07) is 0. The Morgan fingerprint density at radius 1 is 1.64 bits per heavy atom. The monoisotopic (exact) mass is 306 g/mol. The Morgan fingerprint density at radius 2 is 2.27 bits per heavy atom. The van der Waals surface area contributed by atoms with Crippen molar-refractivity contribution in [3.63, 3.8) is 0 Å². The third kappa shape index (κ3) is 5.48. The van der Waals surface area contributed by atoms with E-state index in [4.69, 9.17) is 9.05 Å². The van der Waals surface area contributed by atoms with Gasteiger partial charge in [0.15, 0.2) is 0 Å². The van der Waals surface area contributed by atoms with E-state index in [-0.39, 0.29) is 6.10 Å². The highest BCUT2D eigenvalue weighted by molar-refractivity contribution is 14.1. The second kappa shape index (κ2) is 7.88. The minimum Gasteiger partial charge on any atom is -0.366 e. The molecule has 0 aliphatic heterocycles. The summed E-state index contributed by atoms with van der Waals surface area (Å²) in [6.45, 7) is 2.75. The van der Waals surface area contributed by atoms with Crippen molar-refractivity contribution in [2.24, 2.45) is 0 Å². The van der Waals surface area contributed by atoms with Gasteiger partial charge in [-0.15, -0.1) is 0 Å². The molecule has 0 spiro atoms. The summed E-state index contributed by atoms with van der Waals surface area (Å²) in [6.07, 6.45) is 1.05. The van der Waals surface area contributed by atoms with Crippen molar-refractivity contribution in [3.8, 4) is 0 Å². The van der Waals surface area contributed by atoms with E-state index in [2.05, 4.69) is 41.5 Å². The molecule has 0 saturated carbocycles. The topological polar surface area (TPSA) is 18.5 Å². The molecule has 66 valence electrons. The quantitative estimate of drug-likeness (QED) is 0.574. The van der Waals surface area contributed by atoms with Crippen LogP contribution in [0.1, 0.15) is 13.3 Å². The van der Waals surface area contributed by atoms with Gasteiger partial charge in [0, 0.05) is 25.4 Å². The zero-order valence-electron chi connectivity index (χ0n) is 6.42. The Kier molecular flexibility index (Phi) is 8.77. The van der Waals surface area contributed by atoms with Gasteiger partial charge in [0.1, 0.15) is 0 Å². The summed E-state index contributed by atoms with van der Waals surface area (Å²) in [4.78, 5) is 0. The van der Waals surface area contributed by atoms with Gasteiger partial charge in [0.2, 0.25) is 0 Å². The molecule has 5 heteroatoms. The molecule has 0 heterocycles. The van der Waals surface area contributed by atoms with E-state index in [9.17, 15) is 0 Å². The maximum atomic E-state index is 5.16. The summed E-state index contributed by atoms with van der Waals surface area (Å²) >= 11 is 2.21. The lowest BCUT2D eigenvalue weighted by Gasteiger charge is -2.14. The van der Waals surface area contributed by atoms with Gasteiger partial charge in [0.05, 0.1) is 12.7 Å². The Hall–Kier alpha value is 1.25. The number of rotatable bonds is 5. The lowest BCUT2D eigenvalue weighted by Crippen LogP contribution is -2.11. The fraction of sp³-hybridized carbons (Fsp3) is 0.667. The highest BCUT2D eigenvalue weighted by Gasteiger charge is 2.07. The van der Waals surface area contributed by atoms with Gasteiger partial charge in [-0.1, -0.05) is 22.6 Å². The van der Waals surface area contributed by atoms with Crippen LogP contribution >= 0.6 is 41.5 Å². The minimum atomic E-state index is 0.164. The second-order valence-electron chi connectivity index (χ2n) is 2.14. The van der Waals surface area contributed by atoms with Crippen molar-refractivity contribution >= 4 is 41.5 Å². The molecule has 0 radical (unpaired) electrons. The molecule has 0 saturated heterocycles. The van der Waals surface area contributed by atoms with Crippen LogP contribution in [0.3, 0.4) is 0 Å². The predicted molar refractivity (Wildman–Crippen MR) is 62.6 cm³/mol. The van der Waals surface area contributed by atoms with Crippen LogP contribution in [0, 0.1) is 0 Å². The van der Waals surface area contributed by atoms with Crippen LogP contribution in [0.15, 0.2) is 9.66 Å². The van der Waals surface area contributed by atoms with Crippen molar-refractivity contribution in [2.45, 2.75) is 19.4 Å². The minimum absolute atomic E-state index is 0.164. The first-order valence-electron chi connectivity index (χ1n) is 3.20. The van der Waals surface area contributed by atoms with E-state index in [0.29, 0.717) is 6.61 Å². The zero-order valence-corrected chi connectivity index (χ0v) is 10.9. The lowest BCUT2D eigenvalue weighted by atomic mass is 10.1. The van der Waals surface area contributed by atoms with Crippen molar-refractivity contribution < 1.29 is 9.05 Å². The molecule has 0 fully saturated rings. The molecule has 3 atom stereocenters. The SMILES string of the molecule is C/C(=C\I)[C@@H](CCOP)OP. The summed E-state index contributed by atoms with van der Waals surface area (Å²) in [7, 11) is 4.51. The van der Waals surface area contributed by atoms with Crippen LogP contribution < -0.4 is 0 Å². The van der Waals surface area contributed by atoms with Crippen molar-refractivity contribution in [3.05, 3.63) is 9.66 Å². The molecule has 0 N–H and O–H groups in total. The van der Waals surface area contributed by atoms with Gasteiger partial charge < -0.3 is 9.05 Å². The third-order valence-electron chi connectivity index (χ3n) is 1.34. The highest BCUT2D eigenvalue weighted by atomic mass is 127. The van der Waals surface area contributed by atoms with Crippen LogP contribution in [0.4, 0.5) is 0 Å². The van der Waals surface area contributed by atoms with E-state index < -0.39 is 0 Å². The average molecular weight is 306 g/mol. The largest absolute Gasteiger partial charge is 0.366 e. The molecular weight excluding hydrogens is 293 g/mol. The molecule has 0 amide bonds. The number of hydrogen-bond donors (Lipinski definition) is 0. The molecule has 0 aliphatic rings. The first-order chi connectivity index (χ1) is 5.26. The van der Waals surface area contributed by atoms with Gasteiger partial charge in [-0.2, -0.15) is 0 Å². The standard InChI is InChI=1S/C6H13IO2P2/c1-5(4-7)6(9-11)2-3-8-10/h4,6H,2-3,10-11H2,1H3/b5-4+/t6-/m1/s1. The molecule has 0 aromatic rings. The smallest absolute Gasteiger partial charge is 0.0847 e. The molecule has 11 heavy (non-hydrogen) atoms. The maximum absolute atomic E-state index is 5.16. The summed E-state index contributed by atoms with van der Waals surface area (Å²) < 4.78 is 12.0. The third-order valence-corrected chi connectivity index (χ3v) is 2.89. The van der Waals surface area contributed by atoms with Crippen LogP contribution in [-0.2, 0) is 9.05 Å². The van der Waals surface area contributed by atoms with Gasteiger partial charge >= 0.3 is 0 Å². The van der Waals surface area contributed by atoms with Gasteiger partial charge in [-0.3, -0.25) is 0 Å². The molecule has 2 unspecified atom stereocenters. The molecule has 0 aliphatic carbocycles. The van der Waals surface area contributed by atoms with Gasteiger partial charge in [-0.05, 0) is 16.6 Å². The number of halogens is 1. The predicted octanol–water partition coefficient (Wildman–Crippen LogP) is 2.70. The molecule has 0 bridgehead atoms. The zero-order chi connectivity index (χ0) is 8.69. The van der Waals surface area contributed by atoms with Gasteiger partial charge in [-0.25, -0.2) is 0 Å². The first-order valence-corrected chi connectivity index (χ1v) is 5.39. The lowest BCUT2D eigenvalue weighted by molar-refractivity contribution is 0.227.